The maximum atomic E-state index is 14.1. The maximum absolute atomic E-state index is 14.1. The molecule has 3 nitrogen and oxygen atoms in total. The van der Waals surface area contributed by atoms with Gasteiger partial charge in [-0.05, 0) is 77.6 Å². The minimum atomic E-state index is -1.10. The van der Waals surface area contributed by atoms with Gasteiger partial charge in [-0.25, -0.2) is 4.39 Å². The van der Waals surface area contributed by atoms with Crippen LogP contribution in [0.5, 0.6) is 0 Å². The molecule has 32 heavy (non-hydrogen) atoms. The van der Waals surface area contributed by atoms with Gasteiger partial charge in [0.05, 0.1) is 6.10 Å². The summed E-state index contributed by atoms with van der Waals surface area (Å²) in [4.78, 5) is 13.6. The van der Waals surface area contributed by atoms with Crippen LogP contribution < -0.4 is 5.32 Å². The fourth-order valence-electron chi connectivity index (χ4n) is 5.08. The Bertz CT molecular complexity index is 1290. The molecule has 0 saturated carbocycles. The zero-order valence-corrected chi connectivity index (χ0v) is 18.7. The number of carbonyl (C=O) groups excluding carboxylic acids is 1. The lowest BCUT2D eigenvalue weighted by Crippen LogP contribution is -2.44. The van der Waals surface area contributed by atoms with E-state index in [1.807, 2.05) is 37.3 Å². The van der Waals surface area contributed by atoms with E-state index in [-0.39, 0.29) is 18.2 Å². The topological polar surface area (TPSA) is 49.3 Å². The van der Waals surface area contributed by atoms with Crippen LogP contribution in [0.2, 0.25) is 10.0 Å². The van der Waals surface area contributed by atoms with Gasteiger partial charge in [0.1, 0.15) is 11.2 Å². The Balaban J connectivity index is 1.80. The van der Waals surface area contributed by atoms with Gasteiger partial charge in [0, 0.05) is 21.7 Å². The number of hydrogen-bond acceptors (Lipinski definition) is 2. The molecule has 5 rings (SSSR count). The van der Waals surface area contributed by atoms with E-state index in [1.165, 1.54) is 12.1 Å². The van der Waals surface area contributed by atoms with Gasteiger partial charge in [0.25, 0.3) is 0 Å². The van der Waals surface area contributed by atoms with Gasteiger partial charge in [-0.1, -0.05) is 53.5 Å². The Morgan fingerprint density at radius 2 is 1.84 bits per heavy atom. The van der Waals surface area contributed by atoms with Gasteiger partial charge >= 0.3 is 0 Å². The predicted molar refractivity (Wildman–Crippen MR) is 126 cm³/mol. The number of anilines is 1. The molecule has 3 aromatic rings. The van der Waals surface area contributed by atoms with E-state index in [4.69, 9.17) is 23.2 Å². The Labute approximate surface area is 195 Å². The molecule has 1 heterocycles. The molecule has 0 aromatic heterocycles. The van der Waals surface area contributed by atoms with Gasteiger partial charge in [0.2, 0.25) is 5.91 Å². The van der Waals surface area contributed by atoms with Crippen molar-refractivity contribution in [1.29, 1.82) is 0 Å². The SMILES string of the molecule is Cc1ccc(F)cc1C1=C[C@@]2(C(=O)Nc3cc(Cl)ccc32)[C@H](c2cccc(Cl)c2)CC1O. The molecule has 1 spiro atoms. The maximum Gasteiger partial charge on any atom is 0.239 e. The van der Waals surface area contributed by atoms with Crippen LogP contribution in [-0.4, -0.2) is 17.1 Å². The zero-order chi connectivity index (χ0) is 22.6. The molecule has 0 radical (unpaired) electrons. The summed E-state index contributed by atoms with van der Waals surface area (Å²) in [5, 5.41) is 15.2. The first kappa shape index (κ1) is 21.2. The van der Waals surface area contributed by atoms with Crippen molar-refractivity contribution in [3.05, 3.63) is 105 Å². The molecule has 0 fully saturated rings. The summed E-state index contributed by atoms with van der Waals surface area (Å²) in [5.41, 5.74) is 3.11. The fourth-order valence-corrected chi connectivity index (χ4v) is 5.45. The average Bonchev–Trinajstić information content (AvgIpc) is 3.02. The van der Waals surface area contributed by atoms with E-state index in [0.29, 0.717) is 26.9 Å². The predicted octanol–water partition coefficient (Wildman–Crippen LogP) is 6.26. The van der Waals surface area contributed by atoms with Crippen LogP contribution in [-0.2, 0) is 10.2 Å². The summed E-state index contributed by atoms with van der Waals surface area (Å²) in [6.07, 6.45) is 1.20. The van der Waals surface area contributed by atoms with Crippen LogP contribution in [0, 0.1) is 12.7 Å². The molecule has 0 bridgehead atoms. The van der Waals surface area contributed by atoms with E-state index >= 15 is 0 Å². The Morgan fingerprint density at radius 1 is 1.06 bits per heavy atom. The molecule has 3 atom stereocenters. The van der Waals surface area contributed by atoms with Crippen LogP contribution in [0.4, 0.5) is 10.1 Å². The molecule has 3 aromatic carbocycles. The van der Waals surface area contributed by atoms with Gasteiger partial charge in [-0.15, -0.1) is 0 Å². The number of aryl methyl sites for hydroxylation is 1. The molecule has 2 N–H and O–H groups in total. The highest BCUT2D eigenvalue weighted by molar-refractivity contribution is 6.31. The molecule has 1 amide bonds. The smallest absolute Gasteiger partial charge is 0.239 e. The van der Waals surface area contributed by atoms with Crippen LogP contribution in [0.3, 0.4) is 0 Å². The second kappa shape index (κ2) is 7.73. The second-order valence-corrected chi connectivity index (χ2v) is 9.30. The van der Waals surface area contributed by atoms with Crippen molar-refractivity contribution in [3.63, 3.8) is 0 Å². The minimum absolute atomic E-state index is 0.210. The summed E-state index contributed by atoms with van der Waals surface area (Å²) in [7, 11) is 0. The van der Waals surface area contributed by atoms with E-state index in [9.17, 15) is 14.3 Å². The first-order chi connectivity index (χ1) is 15.3. The standard InChI is InChI=1S/C26H20Cl2FNO2/c1-14-5-7-18(29)11-19(14)20-13-26(21-8-6-17(28)10-23(21)30-25(26)32)22(12-24(20)31)15-3-2-4-16(27)9-15/h2-11,13,22,24,31H,12H2,1H3,(H,30,32)/t22-,24?,26-/m0/s1. The fraction of sp³-hybridized carbons (Fsp3) is 0.192. The zero-order valence-electron chi connectivity index (χ0n) is 17.2. The molecule has 162 valence electrons. The van der Waals surface area contributed by atoms with Crippen LogP contribution in [0.25, 0.3) is 5.57 Å². The van der Waals surface area contributed by atoms with Crippen LogP contribution >= 0.6 is 23.2 Å². The third-order valence-electron chi connectivity index (χ3n) is 6.56. The number of benzene rings is 3. The number of fused-ring (bicyclic) bond motifs is 2. The Morgan fingerprint density at radius 3 is 2.62 bits per heavy atom. The number of rotatable bonds is 2. The van der Waals surface area contributed by atoms with Gasteiger partial charge in [-0.2, -0.15) is 0 Å². The Hall–Kier alpha value is -2.66. The first-order valence-electron chi connectivity index (χ1n) is 10.3. The lowest BCUT2D eigenvalue weighted by Gasteiger charge is -2.41. The number of carbonyl (C=O) groups is 1. The molecule has 0 saturated heterocycles. The third kappa shape index (κ3) is 3.25. The normalized spacial score (nSPS) is 24.3. The van der Waals surface area contributed by atoms with Crippen LogP contribution in [0.1, 0.15) is 34.6 Å². The highest BCUT2D eigenvalue weighted by Gasteiger charge is 2.54. The van der Waals surface area contributed by atoms with Crippen LogP contribution in [0.15, 0.2) is 66.7 Å². The van der Waals surface area contributed by atoms with Crippen molar-refractivity contribution in [2.24, 2.45) is 0 Å². The van der Waals surface area contributed by atoms with Gasteiger partial charge in [0.15, 0.2) is 0 Å². The first-order valence-corrected chi connectivity index (χ1v) is 11.1. The largest absolute Gasteiger partial charge is 0.388 e. The number of halogens is 3. The minimum Gasteiger partial charge on any atom is -0.388 e. The van der Waals surface area contributed by atoms with Crippen molar-refractivity contribution in [2.75, 3.05) is 5.32 Å². The van der Waals surface area contributed by atoms with Crippen molar-refractivity contribution in [1.82, 2.24) is 0 Å². The second-order valence-electron chi connectivity index (χ2n) is 8.43. The molecule has 1 aliphatic heterocycles. The number of aliphatic hydroxyl groups is 1. The van der Waals surface area contributed by atoms with Crippen molar-refractivity contribution < 1.29 is 14.3 Å². The van der Waals surface area contributed by atoms with Crippen molar-refractivity contribution in [3.8, 4) is 0 Å². The average molecular weight is 468 g/mol. The summed E-state index contributed by atoms with van der Waals surface area (Å²) in [6, 6.07) is 17.2. The number of aliphatic hydroxyl groups excluding tert-OH is 1. The molecular weight excluding hydrogens is 448 g/mol. The molecule has 1 unspecified atom stereocenters. The van der Waals surface area contributed by atoms with Crippen molar-refractivity contribution in [2.45, 2.75) is 30.8 Å². The van der Waals surface area contributed by atoms with E-state index < -0.39 is 17.3 Å². The molecule has 6 heteroatoms. The summed E-state index contributed by atoms with van der Waals surface area (Å²) < 4.78 is 14.1. The highest BCUT2D eigenvalue weighted by atomic mass is 35.5. The molecule has 1 aliphatic carbocycles. The quantitative estimate of drug-likeness (QED) is 0.466. The van der Waals surface area contributed by atoms with E-state index in [0.717, 1.165) is 16.7 Å². The number of amides is 1. The summed E-state index contributed by atoms with van der Waals surface area (Å²) in [5.74, 6) is -0.984. The summed E-state index contributed by atoms with van der Waals surface area (Å²) >= 11 is 12.5. The van der Waals surface area contributed by atoms with Gasteiger partial charge < -0.3 is 10.4 Å². The molecular formula is C26H20Cl2FNO2. The number of nitrogens with one attached hydrogen (secondary N) is 1. The third-order valence-corrected chi connectivity index (χ3v) is 7.03. The lowest BCUT2D eigenvalue weighted by molar-refractivity contribution is -0.120. The molecule has 2 aliphatic rings. The summed E-state index contributed by atoms with van der Waals surface area (Å²) in [6.45, 7) is 1.86. The van der Waals surface area contributed by atoms with E-state index in [1.54, 1.807) is 24.3 Å². The van der Waals surface area contributed by atoms with Crippen molar-refractivity contribution >= 4 is 40.4 Å². The van der Waals surface area contributed by atoms with Gasteiger partial charge in [-0.3, -0.25) is 4.79 Å². The highest BCUT2D eigenvalue weighted by Crippen LogP contribution is 2.55. The van der Waals surface area contributed by atoms with E-state index in [2.05, 4.69) is 5.32 Å². The lowest BCUT2D eigenvalue weighted by atomic mass is 9.61. The monoisotopic (exact) mass is 467 g/mol. The number of hydrogen-bond donors (Lipinski definition) is 2. The Kier molecular flexibility index (Phi) is 5.12.